The van der Waals surface area contributed by atoms with Crippen LogP contribution >= 0.6 is 0 Å². The highest BCUT2D eigenvalue weighted by atomic mass is 16.6. The molecule has 0 saturated carbocycles. The third-order valence-electron chi connectivity index (χ3n) is 10.4. The molecule has 5 heteroatoms. The van der Waals surface area contributed by atoms with Crippen LogP contribution in [0.2, 0.25) is 0 Å². The minimum atomic E-state index is -0.592. The van der Waals surface area contributed by atoms with Crippen molar-refractivity contribution in [1.29, 1.82) is 0 Å². The first-order valence-corrected chi connectivity index (χ1v) is 26.4. The average molecular weight is 909 g/mol. The lowest BCUT2D eigenvalue weighted by atomic mass is 10.1. The van der Waals surface area contributed by atoms with E-state index in [0.717, 1.165) is 148 Å². The summed E-state index contributed by atoms with van der Waals surface area (Å²) in [6.45, 7) is 7.31. The zero-order chi connectivity index (χ0) is 47.7. The second-order valence-corrected chi connectivity index (χ2v) is 16.6. The standard InChI is InChI=1S/C61H96O5/c1-4-7-10-13-16-19-22-25-27-29-31-32-34-37-39-42-45-48-51-54-60(62)65-58-59(66-61(63)55-52-49-46-43-40-36-24-21-18-15-12-9-6-3)57-64-56-53-50-47-44-41-38-35-33-30-28-26-23-20-17-14-11-8-5-2/h7-12,16-21,25-28,31-33,35-36,40-41,44,59H,4-6,13-15,22-24,29-30,34,37-39,42-43,45-58H2,1-3H3/b10-7-,11-8-,12-9-,19-16-,20-17-,21-18-,27-25-,28-26-,32-31-,35-33-,40-36-,44-41-. The van der Waals surface area contributed by atoms with Gasteiger partial charge in [-0.25, -0.2) is 0 Å². The molecule has 66 heavy (non-hydrogen) atoms. The van der Waals surface area contributed by atoms with Crippen LogP contribution < -0.4 is 0 Å². The van der Waals surface area contributed by atoms with Gasteiger partial charge in [-0.3, -0.25) is 9.59 Å². The number of hydrogen-bond acceptors (Lipinski definition) is 5. The molecular formula is C61H96O5. The van der Waals surface area contributed by atoms with Gasteiger partial charge in [0.15, 0.2) is 6.10 Å². The average Bonchev–Trinajstić information content (AvgIpc) is 3.32. The van der Waals surface area contributed by atoms with E-state index in [1.165, 1.54) is 19.3 Å². The molecule has 0 rings (SSSR count). The molecule has 0 aliphatic carbocycles. The molecule has 0 radical (unpaired) electrons. The Kier molecular flexibility index (Phi) is 51.6. The molecule has 0 spiro atoms. The molecule has 0 aliphatic heterocycles. The van der Waals surface area contributed by atoms with Crippen molar-refractivity contribution in [3.63, 3.8) is 0 Å². The van der Waals surface area contributed by atoms with Crippen LogP contribution in [0.1, 0.15) is 201 Å². The fourth-order valence-electron chi connectivity index (χ4n) is 6.54. The number of unbranched alkanes of at least 4 members (excludes halogenated alkanes) is 11. The molecule has 1 unspecified atom stereocenters. The zero-order valence-electron chi connectivity index (χ0n) is 42.4. The van der Waals surface area contributed by atoms with Crippen LogP contribution in [0.4, 0.5) is 0 Å². The fourth-order valence-corrected chi connectivity index (χ4v) is 6.54. The number of rotatable bonds is 46. The second-order valence-electron chi connectivity index (χ2n) is 16.6. The van der Waals surface area contributed by atoms with Crippen LogP contribution in [0.3, 0.4) is 0 Å². The van der Waals surface area contributed by atoms with E-state index >= 15 is 0 Å². The van der Waals surface area contributed by atoms with E-state index in [4.69, 9.17) is 14.2 Å². The molecule has 0 bridgehead atoms. The molecule has 1 atom stereocenters. The second kappa shape index (κ2) is 55.1. The lowest BCUT2D eigenvalue weighted by molar-refractivity contribution is -0.163. The summed E-state index contributed by atoms with van der Waals surface area (Å²) in [5.74, 6) is -0.484. The summed E-state index contributed by atoms with van der Waals surface area (Å²) in [6.07, 6.45) is 80.1. The Balaban J connectivity index is 4.43. The Morgan fingerprint density at radius 2 is 0.636 bits per heavy atom. The summed E-state index contributed by atoms with van der Waals surface area (Å²) in [5.41, 5.74) is 0. The molecule has 0 N–H and O–H groups in total. The predicted octanol–water partition coefficient (Wildman–Crippen LogP) is 18.1. The maximum atomic E-state index is 12.8. The van der Waals surface area contributed by atoms with Crippen LogP contribution in [0.25, 0.3) is 0 Å². The molecular weight excluding hydrogens is 813 g/mol. The van der Waals surface area contributed by atoms with Gasteiger partial charge in [-0.1, -0.05) is 199 Å². The number of allylic oxidation sites excluding steroid dienone is 24. The Bertz CT molecular complexity index is 1450. The topological polar surface area (TPSA) is 61.8 Å². The van der Waals surface area contributed by atoms with Crippen molar-refractivity contribution < 1.29 is 23.8 Å². The number of carbonyl (C=O) groups is 2. The number of hydrogen-bond donors (Lipinski definition) is 0. The van der Waals surface area contributed by atoms with E-state index in [9.17, 15) is 9.59 Å². The maximum Gasteiger partial charge on any atom is 0.306 e. The van der Waals surface area contributed by atoms with Gasteiger partial charge in [0.1, 0.15) is 6.61 Å². The van der Waals surface area contributed by atoms with Crippen molar-refractivity contribution in [2.45, 2.75) is 207 Å². The van der Waals surface area contributed by atoms with Crippen LogP contribution in [-0.4, -0.2) is 37.9 Å². The Morgan fingerprint density at radius 3 is 1.03 bits per heavy atom. The number of esters is 2. The zero-order valence-corrected chi connectivity index (χ0v) is 42.4. The van der Waals surface area contributed by atoms with Crippen molar-refractivity contribution in [2.75, 3.05) is 19.8 Å². The van der Waals surface area contributed by atoms with Crippen molar-refractivity contribution in [3.05, 3.63) is 146 Å². The molecule has 0 aromatic carbocycles. The minimum Gasteiger partial charge on any atom is -0.462 e. The van der Waals surface area contributed by atoms with E-state index in [-0.39, 0.29) is 25.2 Å². The normalized spacial score (nSPS) is 13.4. The molecule has 0 heterocycles. The Morgan fingerprint density at radius 1 is 0.333 bits per heavy atom. The molecule has 0 aliphatic rings. The number of ether oxygens (including phenoxy) is 3. The van der Waals surface area contributed by atoms with E-state index in [1.54, 1.807) is 0 Å². The summed E-state index contributed by atoms with van der Waals surface area (Å²) in [6, 6.07) is 0. The molecule has 0 fully saturated rings. The predicted molar refractivity (Wildman–Crippen MR) is 288 cm³/mol. The molecule has 370 valence electrons. The monoisotopic (exact) mass is 909 g/mol. The maximum absolute atomic E-state index is 12.8. The van der Waals surface area contributed by atoms with Gasteiger partial charge in [0.05, 0.1) is 6.61 Å². The highest BCUT2D eigenvalue weighted by molar-refractivity contribution is 5.70. The lowest BCUT2D eigenvalue weighted by Gasteiger charge is -2.18. The molecule has 5 nitrogen and oxygen atoms in total. The van der Waals surface area contributed by atoms with E-state index in [0.29, 0.717) is 19.4 Å². The van der Waals surface area contributed by atoms with Crippen molar-refractivity contribution in [1.82, 2.24) is 0 Å². The summed E-state index contributed by atoms with van der Waals surface area (Å²) in [4.78, 5) is 25.4. The van der Waals surface area contributed by atoms with Gasteiger partial charge in [0.2, 0.25) is 0 Å². The highest BCUT2D eigenvalue weighted by Gasteiger charge is 2.17. The largest absolute Gasteiger partial charge is 0.462 e. The smallest absolute Gasteiger partial charge is 0.306 e. The molecule has 0 saturated heterocycles. The quantitative estimate of drug-likeness (QED) is 0.0346. The van der Waals surface area contributed by atoms with Crippen LogP contribution in [-0.2, 0) is 23.8 Å². The van der Waals surface area contributed by atoms with Gasteiger partial charge in [0, 0.05) is 19.4 Å². The first-order chi connectivity index (χ1) is 32.6. The first-order valence-electron chi connectivity index (χ1n) is 26.4. The molecule has 0 amide bonds. The summed E-state index contributed by atoms with van der Waals surface area (Å²) < 4.78 is 17.3. The van der Waals surface area contributed by atoms with Crippen LogP contribution in [0.5, 0.6) is 0 Å². The number of carbonyl (C=O) groups excluding carboxylic acids is 2. The summed E-state index contributed by atoms with van der Waals surface area (Å²) in [7, 11) is 0. The van der Waals surface area contributed by atoms with Gasteiger partial charge in [-0.05, 0) is 135 Å². The third kappa shape index (κ3) is 52.4. The van der Waals surface area contributed by atoms with E-state index < -0.39 is 6.10 Å². The molecule has 0 aromatic heterocycles. The Hall–Kier alpha value is -4.22. The fraction of sp³-hybridized carbons (Fsp3) is 0.574. The van der Waals surface area contributed by atoms with Crippen LogP contribution in [0.15, 0.2) is 146 Å². The highest BCUT2D eigenvalue weighted by Crippen LogP contribution is 2.12. The van der Waals surface area contributed by atoms with E-state index in [1.807, 2.05) is 0 Å². The van der Waals surface area contributed by atoms with Gasteiger partial charge in [-0.15, -0.1) is 0 Å². The van der Waals surface area contributed by atoms with Crippen LogP contribution in [0, 0.1) is 0 Å². The Labute approximate surface area is 406 Å². The summed E-state index contributed by atoms with van der Waals surface area (Å²) >= 11 is 0. The van der Waals surface area contributed by atoms with Gasteiger partial charge < -0.3 is 14.2 Å². The minimum absolute atomic E-state index is 0.0377. The third-order valence-corrected chi connectivity index (χ3v) is 10.4. The first kappa shape index (κ1) is 61.8. The van der Waals surface area contributed by atoms with Crippen molar-refractivity contribution in [2.24, 2.45) is 0 Å². The van der Waals surface area contributed by atoms with Gasteiger partial charge in [0.25, 0.3) is 0 Å². The SMILES string of the molecule is CC/C=C\C/C=C\C/C=C\C/C=C\C/C=C\CCCCOCC(COC(=O)CCCCCCCC/C=C\C/C=C\C/C=C\C/C=C\CC)OC(=O)CCCCC/C=C\C/C=C\C/C=C\CC. The van der Waals surface area contributed by atoms with Crippen molar-refractivity contribution in [3.8, 4) is 0 Å². The van der Waals surface area contributed by atoms with E-state index in [2.05, 4.69) is 167 Å². The lowest BCUT2D eigenvalue weighted by Crippen LogP contribution is -2.30. The molecule has 0 aromatic rings. The van der Waals surface area contributed by atoms with Gasteiger partial charge >= 0.3 is 11.9 Å². The van der Waals surface area contributed by atoms with Gasteiger partial charge in [-0.2, -0.15) is 0 Å². The summed E-state index contributed by atoms with van der Waals surface area (Å²) in [5, 5.41) is 0. The van der Waals surface area contributed by atoms with Crippen molar-refractivity contribution >= 4 is 11.9 Å².